The monoisotopic (exact) mass is 446 g/mol. The van der Waals surface area contributed by atoms with Crippen molar-refractivity contribution >= 4 is 0 Å². The number of rotatable bonds is 9. The Hall–Kier alpha value is -1.33. The van der Waals surface area contributed by atoms with Crippen molar-refractivity contribution in [1.82, 2.24) is 0 Å². The molecule has 1 nitrogen and oxygen atoms in total. The van der Waals surface area contributed by atoms with E-state index in [1.807, 2.05) is 0 Å². The standard InChI is InChI=1S/C25H35F5O/c1-2-3-4-5-6-17-7-9-18(10-8-17)19-11-13-20(14-12-19)25(29,30)31-21-15-22(26)24(28)23(27)16-21/h15-20H,2-14H2,1H3. The third kappa shape index (κ3) is 6.58. The fourth-order valence-corrected chi connectivity index (χ4v) is 5.57. The van der Waals surface area contributed by atoms with Gasteiger partial charge in [0.25, 0.3) is 0 Å². The van der Waals surface area contributed by atoms with Crippen molar-refractivity contribution in [3.05, 3.63) is 29.6 Å². The SMILES string of the molecule is CCCCCCC1CCC(C2CCC(C(F)(F)Oc3cc(F)c(F)c(F)c3)CC2)CC1. The normalized spacial score (nSPS) is 27.3. The van der Waals surface area contributed by atoms with Crippen molar-refractivity contribution in [2.45, 2.75) is 96.5 Å². The molecule has 0 aromatic heterocycles. The molecule has 0 spiro atoms. The summed E-state index contributed by atoms with van der Waals surface area (Å²) in [5.74, 6) is -4.48. The molecule has 0 heterocycles. The van der Waals surface area contributed by atoms with Gasteiger partial charge in [0.05, 0.1) is 5.92 Å². The summed E-state index contributed by atoms with van der Waals surface area (Å²) in [6.45, 7) is 2.23. The first-order valence-corrected chi connectivity index (χ1v) is 12.0. The number of benzene rings is 1. The zero-order valence-electron chi connectivity index (χ0n) is 18.5. The van der Waals surface area contributed by atoms with Crippen LogP contribution in [0.2, 0.25) is 0 Å². The van der Waals surface area contributed by atoms with Crippen LogP contribution in [0.15, 0.2) is 12.1 Å². The van der Waals surface area contributed by atoms with E-state index in [1.54, 1.807) is 0 Å². The van der Waals surface area contributed by atoms with E-state index in [0.29, 0.717) is 36.8 Å². The zero-order chi connectivity index (χ0) is 22.4. The van der Waals surface area contributed by atoms with Crippen LogP contribution >= 0.6 is 0 Å². The Bertz CT molecular complexity index is 668. The summed E-state index contributed by atoms with van der Waals surface area (Å²) < 4.78 is 73.5. The van der Waals surface area contributed by atoms with Gasteiger partial charge in [-0.2, -0.15) is 8.78 Å². The van der Waals surface area contributed by atoms with Gasteiger partial charge < -0.3 is 4.74 Å². The molecule has 0 bridgehead atoms. The Balaban J connectivity index is 1.44. The highest BCUT2D eigenvalue weighted by atomic mass is 19.3. The van der Waals surface area contributed by atoms with E-state index >= 15 is 0 Å². The van der Waals surface area contributed by atoms with Gasteiger partial charge in [0.1, 0.15) is 5.75 Å². The maximum absolute atomic E-state index is 14.6. The fraction of sp³-hybridized carbons (Fsp3) is 0.760. The molecule has 0 aliphatic heterocycles. The lowest BCUT2D eigenvalue weighted by Crippen LogP contribution is -2.38. The second-order valence-electron chi connectivity index (χ2n) is 9.61. The smallest absolute Gasteiger partial charge is 0.400 e. The van der Waals surface area contributed by atoms with Crippen molar-refractivity contribution in [2.24, 2.45) is 23.7 Å². The Morgan fingerprint density at radius 1 is 0.806 bits per heavy atom. The van der Waals surface area contributed by atoms with Gasteiger partial charge in [-0.05, 0) is 56.3 Å². The largest absolute Gasteiger partial charge is 0.432 e. The maximum atomic E-state index is 14.6. The summed E-state index contributed by atoms with van der Waals surface area (Å²) in [6.07, 6.45) is 10.1. The number of unbranched alkanes of at least 4 members (excludes halogenated alkanes) is 3. The molecule has 0 amide bonds. The molecule has 1 aromatic rings. The first kappa shape index (κ1) is 24.3. The Labute approximate surface area is 182 Å². The predicted molar refractivity (Wildman–Crippen MR) is 112 cm³/mol. The predicted octanol–water partition coefficient (Wildman–Crippen LogP) is 8.66. The first-order chi connectivity index (χ1) is 14.8. The molecule has 0 radical (unpaired) electrons. The topological polar surface area (TPSA) is 9.23 Å². The lowest BCUT2D eigenvalue weighted by molar-refractivity contribution is -0.224. The van der Waals surface area contributed by atoms with Crippen LogP contribution in [0.4, 0.5) is 22.0 Å². The molecule has 31 heavy (non-hydrogen) atoms. The van der Waals surface area contributed by atoms with Crippen molar-refractivity contribution < 1.29 is 26.7 Å². The summed E-state index contributed by atoms with van der Waals surface area (Å²) in [5.41, 5.74) is 0. The van der Waals surface area contributed by atoms with E-state index in [0.717, 1.165) is 18.8 Å². The number of hydrogen-bond acceptors (Lipinski definition) is 1. The highest BCUT2D eigenvalue weighted by molar-refractivity contribution is 5.25. The van der Waals surface area contributed by atoms with Gasteiger partial charge in [0, 0.05) is 12.1 Å². The number of alkyl halides is 2. The second-order valence-corrected chi connectivity index (χ2v) is 9.61. The van der Waals surface area contributed by atoms with Crippen LogP contribution in [0.3, 0.4) is 0 Å². The first-order valence-electron chi connectivity index (χ1n) is 12.0. The second kappa shape index (κ2) is 11.0. The molecule has 0 atom stereocenters. The molecule has 2 saturated carbocycles. The molecule has 0 unspecified atom stereocenters. The van der Waals surface area contributed by atoms with Crippen LogP contribution in [0.5, 0.6) is 5.75 Å². The van der Waals surface area contributed by atoms with Crippen LogP contribution < -0.4 is 4.74 Å². The highest BCUT2D eigenvalue weighted by Crippen LogP contribution is 2.46. The van der Waals surface area contributed by atoms with Crippen LogP contribution in [0, 0.1) is 41.1 Å². The van der Waals surface area contributed by atoms with Gasteiger partial charge >= 0.3 is 6.11 Å². The summed E-state index contributed by atoms with van der Waals surface area (Å²) in [7, 11) is 0. The molecular weight excluding hydrogens is 411 g/mol. The molecular formula is C25H35F5O. The minimum absolute atomic E-state index is 0.334. The van der Waals surface area contributed by atoms with Crippen molar-refractivity contribution in [2.75, 3.05) is 0 Å². The average molecular weight is 447 g/mol. The van der Waals surface area contributed by atoms with Crippen LogP contribution in [0.1, 0.15) is 90.4 Å². The van der Waals surface area contributed by atoms with Crippen LogP contribution in [-0.2, 0) is 0 Å². The quantitative estimate of drug-likeness (QED) is 0.209. The third-order valence-corrected chi connectivity index (χ3v) is 7.48. The zero-order valence-corrected chi connectivity index (χ0v) is 18.5. The van der Waals surface area contributed by atoms with Crippen molar-refractivity contribution in [1.29, 1.82) is 0 Å². The minimum Gasteiger partial charge on any atom is -0.432 e. The lowest BCUT2D eigenvalue weighted by Gasteiger charge is -2.39. The van der Waals surface area contributed by atoms with Crippen molar-refractivity contribution in [3.63, 3.8) is 0 Å². The van der Waals surface area contributed by atoms with E-state index in [2.05, 4.69) is 11.7 Å². The molecule has 1 aromatic carbocycles. The number of ether oxygens (including phenoxy) is 1. The molecule has 2 fully saturated rings. The van der Waals surface area contributed by atoms with Gasteiger partial charge in [0.2, 0.25) is 0 Å². The van der Waals surface area contributed by atoms with Gasteiger partial charge in [0.15, 0.2) is 17.5 Å². The highest BCUT2D eigenvalue weighted by Gasteiger charge is 2.45. The molecule has 2 aliphatic rings. The van der Waals surface area contributed by atoms with Gasteiger partial charge in [-0.25, -0.2) is 13.2 Å². The Kier molecular flexibility index (Phi) is 8.63. The van der Waals surface area contributed by atoms with Crippen molar-refractivity contribution in [3.8, 4) is 5.75 Å². The molecule has 6 heteroatoms. The number of hydrogen-bond donors (Lipinski definition) is 0. The van der Waals surface area contributed by atoms with Gasteiger partial charge in [-0.1, -0.05) is 51.9 Å². The molecule has 3 rings (SSSR count). The van der Waals surface area contributed by atoms with E-state index in [4.69, 9.17) is 0 Å². The Morgan fingerprint density at radius 3 is 1.90 bits per heavy atom. The molecule has 2 aliphatic carbocycles. The van der Waals surface area contributed by atoms with E-state index in [9.17, 15) is 22.0 Å². The minimum atomic E-state index is -3.53. The number of halogens is 5. The summed E-state index contributed by atoms with van der Waals surface area (Å²) in [5, 5.41) is 0. The van der Waals surface area contributed by atoms with E-state index < -0.39 is 35.2 Å². The fourth-order valence-electron chi connectivity index (χ4n) is 5.57. The van der Waals surface area contributed by atoms with E-state index in [-0.39, 0.29) is 0 Å². The summed E-state index contributed by atoms with van der Waals surface area (Å²) in [6, 6.07) is 0.942. The van der Waals surface area contributed by atoms with Gasteiger partial charge in [-0.15, -0.1) is 0 Å². The molecule has 0 N–H and O–H groups in total. The summed E-state index contributed by atoms with van der Waals surface area (Å²) >= 11 is 0. The average Bonchev–Trinajstić information content (AvgIpc) is 2.75. The molecule has 176 valence electrons. The maximum Gasteiger partial charge on any atom is 0.400 e. The molecule has 0 saturated heterocycles. The van der Waals surface area contributed by atoms with E-state index in [1.165, 1.54) is 57.8 Å². The summed E-state index contributed by atoms with van der Waals surface area (Å²) in [4.78, 5) is 0. The van der Waals surface area contributed by atoms with Gasteiger partial charge in [-0.3, -0.25) is 0 Å². The third-order valence-electron chi connectivity index (χ3n) is 7.48. The van der Waals surface area contributed by atoms with Crippen LogP contribution in [0.25, 0.3) is 0 Å². The van der Waals surface area contributed by atoms with Crippen LogP contribution in [-0.4, -0.2) is 6.11 Å². The lowest BCUT2D eigenvalue weighted by atomic mass is 9.68. The Morgan fingerprint density at radius 2 is 1.35 bits per heavy atom.